The predicted molar refractivity (Wildman–Crippen MR) is 221 cm³/mol. The van der Waals surface area contributed by atoms with E-state index in [1.165, 1.54) is 0 Å². The minimum absolute atomic E-state index is 0.00291. The number of hydrogen-bond donors (Lipinski definition) is 1. The molecule has 1 aliphatic rings. The van der Waals surface area contributed by atoms with Gasteiger partial charge in [0.2, 0.25) is 11.8 Å². The number of methoxy groups -OCH3 is 2. The van der Waals surface area contributed by atoms with E-state index in [-0.39, 0.29) is 73.2 Å². The van der Waals surface area contributed by atoms with Crippen molar-refractivity contribution in [3.05, 3.63) is 67.3 Å². The Labute approximate surface area is 333 Å². The van der Waals surface area contributed by atoms with E-state index in [2.05, 4.69) is 77.5 Å². The third-order valence-electron chi connectivity index (χ3n) is 10.7. The number of hydrogen-bond acceptors (Lipinski definition) is 8. The quantitative estimate of drug-likeness (QED) is 0.0263. The van der Waals surface area contributed by atoms with Crippen molar-refractivity contribution in [1.82, 2.24) is 5.32 Å². The second-order valence-corrected chi connectivity index (χ2v) is 23.6. The fourth-order valence-electron chi connectivity index (χ4n) is 6.65. The number of imide groups is 1. The van der Waals surface area contributed by atoms with Crippen LogP contribution < -0.4 is 9.78 Å². The van der Waals surface area contributed by atoms with Crippen molar-refractivity contribution in [3.63, 3.8) is 0 Å². The van der Waals surface area contributed by atoms with Crippen LogP contribution in [0.5, 0.6) is 0 Å². The summed E-state index contributed by atoms with van der Waals surface area (Å²) < 4.78 is 32.2. The molecule has 0 saturated carbocycles. The zero-order valence-corrected chi connectivity index (χ0v) is 37.4. The number of benzene rings is 1. The molecule has 0 radical (unpaired) electrons. The van der Waals surface area contributed by atoms with E-state index in [1.807, 2.05) is 38.1 Å². The Morgan fingerprint density at radius 3 is 2.24 bits per heavy atom. The summed E-state index contributed by atoms with van der Waals surface area (Å²) in [6.45, 7) is 25.4. The summed E-state index contributed by atoms with van der Waals surface area (Å²) in [4.78, 5) is 38.2. The summed E-state index contributed by atoms with van der Waals surface area (Å²) >= 11 is -0.133. The number of unbranched alkanes of at least 4 members (excludes halogenated alkanes) is 1. The molecule has 1 heterocycles. The number of rotatable bonds is 25. The predicted octanol–water partition coefficient (Wildman–Crippen LogP) is 8.09. The van der Waals surface area contributed by atoms with E-state index in [0.29, 0.717) is 19.3 Å². The van der Waals surface area contributed by atoms with Gasteiger partial charge < -0.3 is 0 Å². The Bertz CT molecular complexity index is 1350. The number of piperidine rings is 1. The van der Waals surface area contributed by atoms with Gasteiger partial charge in [0.25, 0.3) is 0 Å². The molecule has 0 aromatic heterocycles. The van der Waals surface area contributed by atoms with Crippen molar-refractivity contribution in [1.29, 1.82) is 0 Å². The van der Waals surface area contributed by atoms with Gasteiger partial charge in [-0.1, -0.05) is 0 Å². The Hall–Kier alpha value is -2.37. The van der Waals surface area contributed by atoms with Crippen LogP contribution in [0.4, 0.5) is 0 Å². The van der Waals surface area contributed by atoms with Crippen molar-refractivity contribution in [2.24, 2.45) is 17.8 Å². The van der Waals surface area contributed by atoms with Gasteiger partial charge in [-0.25, -0.2) is 0 Å². The van der Waals surface area contributed by atoms with Gasteiger partial charge in [-0.2, -0.15) is 0 Å². The first-order valence-corrected chi connectivity index (χ1v) is 24.2. The molecule has 1 saturated heterocycles. The third-order valence-corrected chi connectivity index (χ3v) is 17.9. The maximum absolute atomic E-state index is 14.3. The molecular weight excluding hydrogens is 766 g/mol. The molecule has 1 aromatic rings. The van der Waals surface area contributed by atoms with E-state index in [1.54, 1.807) is 20.3 Å². The summed E-state index contributed by atoms with van der Waals surface area (Å²) in [6.07, 6.45) is 9.56. The van der Waals surface area contributed by atoms with Gasteiger partial charge in [0.15, 0.2) is 0 Å². The second kappa shape index (κ2) is 23.6. The van der Waals surface area contributed by atoms with E-state index >= 15 is 0 Å². The molecule has 11 heteroatoms. The standard InChI is InChI=1S/C43H69NO8SeSi/c1-13-15-17-25-37(53-34-22-18-16-19-23-34)42(47)51-40(32(5)41(50-29-48-9)35(14-2)49-10)31(4)26-30(3)36(52-54(11,12)43(6,7)8)24-20-21-33-27-38(45)44-39(46)28-33/h13-14,16,18-19,22-23,26,30,32-33,35-37,40-41H,1-2,15,17,20-21,24-25,27-29H2,3-12H3,(H,44,45,46)/b31-26+/t30-,32+,35-,36+,37?,40-,41-/m0/s1. The summed E-state index contributed by atoms with van der Waals surface area (Å²) in [5.74, 6) is -0.936. The number of carbonyl (C=O) groups is 3. The second-order valence-electron chi connectivity index (χ2n) is 16.2. The molecule has 0 bridgehead atoms. The molecule has 1 aliphatic heterocycles. The van der Waals surface area contributed by atoms with Crippen molar-refractivity contribution < 1.29 is 37.8 Å². The van der Waals surface area contributed by atoms with E-state index in [0.717, 1.165) is 42.1 Å². The molecule has 1 N–H and O–H groups in total. The first-order chi connectivity index (χ1) is 25.5. The summed E-state index contributed by atoms with van der Waals surface area (Å²) in [7, 11) is 0.996. The zero-order chi connectivity index (χ0) is 40.5. The molecule has 9 nitrogen and oxygen atoms in total. The van der Waals surface area contributed by atoms with Gasteiger partial charge in [0.1, 0.15) is 0 Å². The van der Waals surface area contributed by atoms with Gasteiger partial charge in [-0.05, 0) is 0 Å². The van der Waals surface area contributed by atoms with Crippen LogP contribution in [-0.2, 0) is 37.8 Å². The topological polar surface area (TPSA) is 109 Å². The SMILES string of the molecule is C=CCCCC([Se]c1ccccc1)C(=O)O[C@@H](/C(C)=C/[C@H](C)[C@@H](CCCC1CC(=O)NC(=O)C1)O[Si](C)(C)C(C)(C)C)[C@@H](C)[C@H](OCOC)[C@H](C=C)OC. The Balaban J connectivity index is 2.53. The Morgan fingerprint density at radius 2 is 1.69 bits per heavy atom. The summed E-state index contributed by atoms with van der Waals surface area (Å²) in [5, 5.41) is 2.42. The van der Waals surface area contributed by atoms with Crippen LogP contribution in [-0.4, -0.2) is 86.5 Å². The number of carbonyl (C=O) groups excluding carboxylic acids is 3. The van der Waals surface area contributed by atoms with Crippen molar-refractivity contribution >= 4 is 45.5 Å². The van der Waals surface area contributed by atoms with Crippen LogP contribution >= 0.6 is 0 Å². The molecule has 54 heavy (non-hydrogen) atoms. The van der Waals surface area contributed by atoms with Gasteiger partial charge in [-0.15, -0.1) is 0 Å². The first kappa shape index (κ1) is 47.8. The van der Waals surface area contributed by atoms with Crippen LogP contribution in [0.15, 0.2) is 67.3 Å². The van der Waals surface area contributed by atoms with E-state index < -0.39 is 26.6 Å². The van der Waals surface area contributed by atoms with Gasteiger partial charge in [0, 0.05) is 12.8 Å². The molecule has 304 valence electrons. The number of ether oxygens (including phenoxy) is 4. The minimum atomic E-state index is -2.19. The average Bonchev–Trinajstić information content (AvgIpc) is 3.10. The summed E-state index contributed by atoms with van der Waals surface area (Å²) in [6, 6.07) is 10.2. The molecule has 0 aliphatic carbocycles. The molecule has 0 spiro atoms. The molecule has 1 aromatic carbocycles. The van der Waals surface area contributed by atoms with E-state index in [9.17, 15) is 14.4 Å². The molecule has 2 rings (SSSR count). The van der Waals surface area contributed by atoms with Crippen molar-refractivity contribution in [3.8, 4) is 0 Å². The molecule has 1 unspecified atom stereocenters. The fraction of sp³-hybridized carbons (Fsp3) is 0.651. The molecular formula is C43H69NO8SeSi. The van der Waals surface area contributed by atoms with Crippen LogP contribution in [0.25, 0.3) is 0 Å². The Kier molecular flexibility index (Phi) is 20.9. The van der Waals surface area contributed by atoms with Crippen LogP contribution in [0.1, 0.15) is 92.9 Å². The number of esters is 1. The maximum atomic E-state index is 14.3. The zero-order valence-electron chi connectivity index (χ0n) is 34.7. The third kappa shape index (κ3) is 15.6. The molecule has 7 atom stereocenters. The van der Waals surface area contributed by atoms with Crippen LogP contribution in [0, 0.1) is 17.8 Å². The number of nitrogens with one attached hydrogen (secondary N) is 1. The summed E-state index contributed by atoms with van der Waals surface area (Å²) in [5.41, 5.74) is 0.906. The number of amides is 2. The molecule has 2 amide bonds. The number of allylic oxidation sites excluding steroid dienone is 1. The fourth-order valence-corrected chi connectivity index (χ4v) is 10.4. The molecule has 1 fully saturated rings. The van der Waals surface area contributed by atoms with Crippen LogP contribution in [0.2, 0.25) is 22.9 Å². The Morgan fingerprint density at radius 1 is 1.04 bits per heavy atom. The van der Waals surface area contributed by atoms with Gasteiger partial charge in [-0.3, -0.25) is 14.9 Å². The van der Waals surface area contributed by atoms with Crippen molar-refractivity contribution in [2.45, 2.75) is 140 Å². The van der Waals surface area contributed by atoms with Gasteiger partial charge in [0.05, 0.1) is 0 Å². The average molecular weight is 835 g/mol. The van der Waals surface area contributed by atoms with Gasteiger partial charge >= 0.3 is 295 Å². The van der Waals surface area contributed by atoms with Crippen LogP contribution in [0.3, 0.4) is 0 Å². The first-order valence-electron chi connectivity index (χ1n) is 19.5. The monoisotopic (exact) mass is 835 g/mol. The normalized spacial score (nSPS) is 18.5. The van der Waals surface area contributed by atoms with E-state index in [4.69, 9.17) is 23.4 Å². The van der Waals surface area contributed by atoms with Crippen molar-refractivity contribution in [2.75, 3.05) is 21.0 Å².